The third-order valence-corrected chi connectivity index (χ3v) is 5.90. The molecule has 0 aliphatic rings. The predicted octanol–water partition coefficient (Wildman–Crippen LogP) is 3.90. The number of unbranched alkanes of at least 4 members (excludes halogenated alkanes) is 4. The van der Waals surface area contributed by atoms with E-state index in [0.29, 0.717) is 17.4 Å². The quantitative estimate of drug-likeness (QED) is 0.146. The second-order valence-electron chi connectivity index (χ2n) is 8.71. The average Bonchev–Trinajstić information content (AvgIpc) is 2.63. The van der Waals surface area contributed by atoms with Crippen molar-refractivity contribution in [3.05, 3.63) is 0 Å². The van der Waals surface area contributed by atoms with Gasteiger partial charge >= 0.3 is 19.5 Å². The Bertz CT molecular complexity index is 534. The molecule has 0 aromatic heterocycles. The normalized spacial score (nSPS) is 14.7. The highest BCUT2D eigenvalue weighted by Crippen LogP contribution is 2.42. The van der Waals surface area contributed by atoms with Gasteiger partial charge in [0.05, 0.1) is 27.3 Å². The second-order valence-corrected chi connectivity index (χ2v) is 10.7. The van der Waals surface area contributed by atoms with Crippen LogP contribution in [0.25, 0.3) is 0 Å². The van der Waals surface area contributed by atoms with Gasteiger partial charge in [0.1, 0.15) is 25.9 Å². The van der Waals surface area contributed by atoms with Gasteiger partial charge in [-0.05, 0) is 19.3 Å². The second kappa shape index (κ2) is 15.8. The van der Waals surface area contributed by atoms with Crippen LogP contribution < -0.4 is 0 Å². The summed E-state index contributed by atoms with van der Waals surface area (Å²) in [7, 11) is 2.09. The van der Waals surface area contributed by atoms with Crippen LogP contribution in [-0.2, 0) is 28.2 Å². The van der Waals surface area contributed by atoms with Gasteiger partial charge in [0, 0.05) is 12.8 Å². The third kappa shape index (κ3) is 17.9. The maximum Gasteiger partial charge on any atom is 0.328 e. The summed E-state index contributed by atoms with van der Waals surface area (Å²) in [5.74, 6) is -0.726. The first kappa shape index (κ1) is 29.1. The van der Waals surface area contributed by atoms with Gasteiger partial charge in [-0.1, -0.05) is 39.5 Å². The standard InChI is InChI=1S/C21H42NO7P/c1-6-8-10-12-20(23)27-18-19(29-21(24)13-11-9-7-2)14-17-30(25,26)28-16-15-22(3,4)5/h19H,6-18H2,1-5H3/p+1/t19-/m1/s1. The summed E-state index contributed by atoms with van der Waals surface area (Å²) in [6, 6.07) is 0. The topological polar surface area (TPSA) is 99.1 Å². The molecule has 8 nitrogen and oxygen atoms in total. The van der Waals surface area contributed by atoms with E-state index in [-0.39, 0.29) is 44.2 Å². The minimum atomic E-state index is -3.81. The lowest BCUT2D eigenvalue weighted by Gasteiger charge is -2.24. The first-order valence-corrected chi connectivity index (χ1v) is 12.9. The Balaban J connectivity index is 4.63. The molecule has 0 saturated heterocycles. The highest BCUT2D eigenvalue weighted by molar-refractivity contribution is 7.52. The maximum atomic E-state index is 12.3. The number of nitrogens with zero attached hydrogens (tertiary/aromatic N) is 1. The van der Waals surface area contributed by atoms with Gasteiger partial charge in [0.15, 0.2) is 0 Å². The Morgan fingerprint density at radius 3 is 2.07 bits per heavy atom. The zero-order valence-electron chi connectivity index (χ0n) is 19.6. The summed E-state index contributed by atoms with van der Waals surface area (Å²) >= 11 is 0. The molecule has 0 spiro atoms. The summed E-state index contributed by atoms with van der Waals surface area (Å²) in [6.45, 7) is 4.74. The SMILES string of the molecule is CCCCCC(=O)OC[C@@H](CCP(=O)(O)OCC[N+](C)(C)C)OC(=O)CCCCC. The zero-order chi connectivity index (χ0) is 23.0. The van der Waals surface area contributed by atoms with Crippen LogP contribution in [0.3, 0.4) is 0 Å². The third-order valence-electron chi connectivity index (χ3n) is 4.49. The van der Waals surface area contributed by atoms with Crippen molar-refractivity contribution in [2.75, 3.05) is 47.1 Å². The van der Waals surface area contributed by atoms with Crippen molar-refractivity contribution < 1.29 is 37.5 Å². The summed E-state index contributed by atoms with van der Waals surface area (Å²) in [5, 5.41) is 0. The van der Waals surface area contributed by atoms with Gasteiger partial charge in [-0.2, -0.15) is 0 Å². The number of hydrogen-bond acceptors (Lipinski definition) is 6. The number of carbonyl (C=O) groups is 2. The highest BCUT2D eigenvalue weighted by Gasteiger charge is 2.25. The minimum Gasteiger partial charge on any atom is -0.462 e. The minimum absolute atomic E-state index is 0.0971. The van der Waals surface area contributed by atoms with Crippen molar-refractivity contribution in [1.29, 1.82) is 0 Å². The fourth-order valence-corrected chi connectivity index (χ4v) is 3.66. The van der Waals surface area contributed by atoms with Gasteiger partial charge in [-0.15, -0.1) is 0 Å². The van der Waals surface area contributed by atoms with Gasteiger partial charge < -0.3 is 23.4 Å². The molecule has 0 heterocycles. The van der Waals surface area contributed by atoms with Crippen molar-refractivity contribution in [1.82, 2.24) is 0 Å². The predicted molar refractivity (Wildman–Crippen MR) is 117 cm³/mol. The van der Waals surface area contributed by atoms with Gasteiger partial charge in [-0.25, -0.2) is 0 Å². The number of rotatable bonds is 18. The molecule has 0 aliphatic carbocycles. The lowest BCUT2D eigenvalue weighted by Crippen LogP contribution is -2.37. The first-order valence-electron chi connectivity index (χ1n) is 11.1. The van der Waals surface area contributed by atoms with Crippen LogP contribution in [0.5, 0.6) is 0 Å². The molecule has 0 aromatic carbocycles. The number of hydrogen-bond donors (Lipinski definition) is 1. The average molecular weight is 453 g/mol. The van der Waals surface area contributed by atoms with Crippen molar-refractivity contribution >= 4 is 19.5 Å². The van der Waals surface area contributed by atoms with E-state index < -0.39 is 13.7 Å². The molecule has 0 radical (unpaired) electrons. The van der Waals surface area contributed by atoms with Crippen LogP contribution in [0.4, 0.5) is 0 Å². The van der Waals surface area contributed by atoms with Crippen molar-refractivity contribution in [3.63, 3.8) is 0 Å². The smallest absolute Gasteiger partial charge is 0.328 e. The molecule has 0 fully saturated rings. The molecule has 0 aromatic rings. The number of ether oxygens (including phenoxy) is 2. The molecule has 9 heteroatoms. The van der Waals surface area contributed by atoms with E-state index in [2.05, 4.69) is 6.92 Å². The van der Waals surface area contributed by atoms with E-state index in [4.69, 9.17) is 14.0 Å². The highest BCUT2D eigenvalue weighted by atomic mass is 31.2. The molecule has 0 bridgehead atoms. The van der Waals surface area contributed by atoms with Crippen molar-refractivity contribution in [2.45, 2.75) is 77.7 Å². The fourth-order valence-electron chi connectivity index (χ4n) is 2.55. The van der Waals surface area contributed by atoms with E-state index in [1.165, 1.54) is 0 Å². The Kier molecular flexibility index (Phi) is 15.3. The van der Waals surface area contributed by atoms with E-state index in [9.17, 15) is 19.0 Å². The molecule has 178 valence electrons. The number of quaternary nitrogens is 1. The van der Waals surface area contributed by atoms with Crippen LogP contribution in [-0.4, -0.2) is 74.5 Å². The van der Waals surface area contributed by atoms with E-state index in [0.717, 1.165) is 38.5 Å². The number of esters is 2. The molecule has 0 aliphatic heterocycles. The molecule has 0 amide bonds. The molecular formula is C21H43NO7P+. The molecule has 1 N–H and O–H groups in total. The Labute approximate surface area is 182 Å². The van der Waals surface area contributed by atoms with E-state index in [1.807, 2.05) is 28.1 Å². The van der Waals surface area contributed by atoms with Crippen LogP contribution in [0, 0.1) is 0 Å². The van der Waals surface area contributed by atoms with Crippen LogP contribution in [0.1, 0.15) is 71.6 Å². The maximum absolute atomic E-state index is 12.3. The molecule has 0 saturated carbocycles. The molecule has 0 rings (SSSR count). The van der Waals surface area contributed by atoms with E-state index >= 15 is 0 Å². The van der Waals surface area contributed by atoms with Crippen LogP contribution >= 0.6 is 7.60 Å². The fraction of sp³-hybridized carbons (Fsp3) is 0.905. The zero-order valence-corrected chi connectivity index (χ0v) is 20.5. The Hall–Kier alpha value is -0.950. The number of carbonyl (C=O) groups excluding carboxylic acids is 2. The lowest BCUT2D eigenvalue weighted by molar-refractivity contribution is -0.870. The summed E-state index contributed by atoms with van der Waals surface area (Å²) < 4.78 is 28.7. The molecular weight excluding hydrogens is 409 g/mol. The first-order chi connectivity index (χ1) is 14.0. The largest absolute Gasteiger partial charge is 0.462 e. The van der Waals surface area contributed by atoms with E-state index in [1.54, 1.807) is 0 Å². The Morgan fingerprint density at radius 2 is 1.53 bits per heavy atom. The van der Waals surface area contributed by atoms with Crippen LogP contribution in [0.2, 0.25) is 0 Å². The van der Waals surface area contributed by atoms with Gasteiger partial charge in [0.2, 0.25) is 0 Å². The van der Waals surface area contributed by atoms with Crippen molar-refractivity contribution in [2.24, 2.45) is 0 Å². The molecule has 1 unspecified atom stereocenters. The molecule has 30 heavy (non-hydrogen) atoms. The summed E-state index contributed by atoms with van der Waals surface area (Å²) in [4.78, 5) is 34.0. The lowest BCUT2D eigenvalue weighted by atomic mass is 10.2. The number of likely N-dealkylation sites (N-methyl/N-ethyl adjacent to an activating group) is 1. The van der Waals surface area contributed by atoms with Crippen LogP contribution in [0.15, 0.2) is 0 Å². The van der Waals surface area contributed by atoms with Gasteiger partial charge in [0.25, 0.3) is 0 Å². The van der Waals surface area contributed by atoms with Crippen molar-refractivity contribution in [3.8, 4) is 0 Å². The van der Waals surface area contributed by atoms with Gasteiger partial charge in [-0.3, -0.25) is 14.2 Å². The molecule has 2 atom stereocenters. The summed E-state index contributed by atoms with van der Waals surface area (Å²) in [6.07, 6.45) is 5.13. The monoisotopic (exact) mass is 452 g/mol. The Morgan fingerprint density at radius 1 is 0.967 bits per heavy atom. The summed E-state index contributed by atoms with van der Waals surface area (Å²) in [5.41, 5.74) is 0.